The van der Waals surface area contributed by atoms with Crippen LogP contribution in [-0.2, 0) is 34.5 Å². The number of alkyl carbamates (subject to hydrolysis) is 1. The molecule has 4 aromatic rings. The number of amides is 1. The highest BCUT2D eigenvalue weighted by Crippen LogP contribution is 2.41. The summed E-state index contributed by atoms with van der Waals surface area (Å²) in [7, 11) is -1.15. The molecule has 5 rings (SSSR count). The van der Waals surface area contributed by atoms with Crippen LogP contribution in [0.2, 0.25) is 25.7 Å². The maximum Gasteiger partial charge on any atom is 0.407 e. The molecule has 2 aromatic heterocycles. The van der Waals surface area contributed by atoms with Gasteiger partial charge in [-0.15, -0.1) is 0 Å². The van der Waals surface area contributed by atoms with Crippen LogP contribution in [0.3, 0.4) is 0 Å². The molecule has 0 radical (unpaired) electrons. The molecule has 1 unspecified atom stereocenters. The molecule has 0 spiro atoms. The first-order valence-electron chi connectivity index (χ1n) is 15.1. The van der Waals surface area contributed by atoms with Crippen molar-refractivity contribution in [3.05, 3.63) is 89.9 Å². The van der Waals surface area contributed by atoms with Gasteiger partial charge in [0.2, 0.25) is 0 Å². The molecule has 1 amide bonds. The maximum atomic E-state index is 12.8. The Morgan fingerprint density at radius 2 is 1.88 bits per heavy atom. The van der Waals surface area contributed by atoms with Gasteiger partial charge in [0.15, 0.2) is 0 Å². The lowest BCUT2D eigenvalue weighted by Crippen LogP contribution is -2.43. The zero-order valence-electron chi connectivity index (χ0n) is 26.4. The van der Waals surface area contributed by atoms with Crippen molar-refractivity contribution in [2.24, 2.45) is 0 Å². The minimum atomic E-state index is -1.15. The van der Waals surface area contributed by atoms with Crippen molar-refractivity contribution in [2.75, 3.05) is 13.2 Å². The van der Waals surface area contributed by atoms with E-state index in [1.165, 1.54) is 11.1 Å². The fourth-order valence-electron chi connectivity index (χ4n) is 5.76. The van der Waals surface area contributed by atoms with Gasteiger partial charge in [-0.3, -0.25) is 0 Å². The standard InChI is InChI=1S/C35H44N4O3Si/c1-8-25-12-13-27-20-35(21-28(27)18-25,22-36-33(40)42-34(2,3)4)29-11-9-10-26(19-29)31-30-14-15-39(32(30)38-23-37-31)24-41-16-17-43(5,6)7/h8-15,18-19,23H,1,16-17,20-22,24H2,2-7H3,(H,36,40). The van der Waals surface area contributed by atoms with E-state index in [-0.39, 0.29) is 5.41 Å². The van der Waals surface area contributed by atoms with Crippen LogP contribution in [0.5, 0.6) is 0 Å². The molecule has 2 aromatic carbocycles. The number of hydrogen-bond acceptors (Lipinski definition) is 5. The van der Waals surface area contributed by atoms with Gasteiger partial charge in [-0.1, -0.05) is 68.7 Å². The largest absolute Gasteiger partial charge is 0.444 e. The molecule has 0 saturated carbocycles. The van der Waals surface area contributed by atoms with Crippen LogP contribution in [-0.4, -0.2) is 47.5 Å². The number of nitrogens with zero attached hydrogens (tertiary/aromatic N) is 3. The average molecular weight is 597 g/mol. The van der Waals surface area contributed by atoms with E-state index in [4.69, 9.17) is 14.5 Å². The number of carbonyl (C=O) groups is 1. The SMILES string of the molecule is C=Cc1ccc2c(c1)CC(CNC(=O)OC(C)(C)C)(c1cccc(-c3ncnc4c3ccn4COCC[Si](C)(C)C)c1)C2. The highest BCUT2D eigenvalue weighted by molar-refractivity contribution is 6.76. The second-order valence-corrected chi connectivity index (χ2v) is 19.5. The van der Waals surface area contributed by atoms with Crippen molar-refractivity contribution in [1.82, 2.24) is 19.9 Å². The number of nitrogens with one attached hydrogen (secondary N) is 1. The number of rotatable bonds is 10. The lowest BCUT2D eigenvalue weighted by molar-refractivity contribution is 0.0514. The minimum absolute atomic E-state index is 0.336. The summed E-state index contributed by atoms with van der Waals surface area (Å²) in [4.78, 5) is 22.1. The molecule has 1 atom stereocenters. The lowest BCUT2D eigenvalue weighted by Gasteiger charge is -2.31. The molecule has 1 N–H and O–H groups in total. The van der Waals surface area contributed by atoms with Gasteiger partial charge < -0.3 is 19.4 Å². The van der Waals surface area contributed by atoms with Crippen LogP contribution in [0, 0.1) is 0 Å². The van der Waals surface area contributed by atoms with E-state index in [9.17, 15) is 4.79 Å². The third kappa shape index (κ3) is 7.25. The summed E-state index contributed by atoms with van der Waals surface area (Å²) in [6.07, 6.45) is 6.74. The maximum absolute atomic E-state index is 12.8. The molecule has 8 heteroatoms. The minimum Gasteiger partial charge on any atom is -0.444 e. The van der Waals surface area contributed by atoms with Gasteiger partial charge >= 0.3 is 6.09 Å². The highest BCUT2D eigenvalue weighted by atomic mass is 28.3. The Kier molecular flexibility index (Phi) is 8.63. The van der Waals surface area contributed by atoms with Crippen LogP contribution >= 0.6 is 0 Å². The van der Waals surface area contributed by atoms with Crippen LogP contribution in [0.1, 0.15) is 43.0 Å². The Hall–Kier alpha value is -3.75. The van der Waals surface area contributed by atoms with Crippen LogP contribution in [0.15, 0.2) is 67.6 Å². The van der Waals surface area contributed by atoms with Crippen molar-refractivity contribution >= 4 is 31.3 Å². The summed E-state index contributed by atoms with van der Waals surface area (Å²) in [5.41, 5.74) is 6.67. The van der Waals surface area contributed by atoms with Crippen molar-refractivity contribution in [3.63, 3.8) is 0 Å². The number of ether oxygens (including phenoxy) is 2. The summed E-state index contributed by atoms with van der Waals surface area (Å²) in [6.45, 7) is 18.3. The molecule has 0 aliphatic heterocycles. The van der Waals surface area contributed by atoms with Crippen LogP contribution in [0.25, 0.3) is 28.4 Å². The number of hydrogen-bond donors (Lipinski definition) is 1. The Labute approximate surface area is 256 Å². The van der Waals surface area contributed by atoms with Gasteiger partial charge in [0.1, 0.15) is 24.3 Å². The summed E-state index contributed by atoms with van der Waals surface area (Å²) in [5, 5.41) is 4.07. The normalized spacial score (nSPS) is 16.7. The lowest BCUT2D eigenvalue weighted by atomic mass is 9.77. The molecular weight excluding hydrogens is 552 g/mol. The van der Waals surface area contributed by atoms with E-state index in [1.54, 1.807) is 6.33 Å². The van der Waals surface area contributed by atoms with Gasteiger partial charge in [0.05, 0.1) is 5.69 Å². The van der Waals surface area contributed by atoms with Gasteiger partial charge in [-0.2, -0.15) is 0 Å². The average Bonchev–Trinajstić information content (AvgIpc) is 3.54. The first-order valence-corrected chi connectivity index (χ1v) is 18.8. The number of aromatic nitrogens is 3. The zero-order valence-corrected chi connectivity index (χ0v) is 27.4. The van der Waals surface area contributed by atoms with Gasteiger partial charge in [0, 0.05) is 43.8 Å². The molecule has 226 valence electrons. The van der Waals surface area contributed by atoms with E-state index >= 15 is 0 Å². The molecule has 1 aliphatic rings. The quantitative estimate of drug-likeness (QED) is 0.151. The Morgan fingerprint density at radius 3 is 2.63 bits per heavy atom. The van der Waals surface area contributed by atoms with E-state index in [0.717, 1.165) is 58.9 Å². The van der Waals surface area contributed by atoms with Gasteiger partial charge in [0.25, 0.3) is 0 Å². The fourth-order valence-corrected chi connectivity index (χ4v) is 6.52. The van der Waals surface area contributed by atoms with Gasteiger partial charge in [-0.05, 0) is 74.0 Å². The Morgan fingerprint density at radius 1 is 1.09 bits per heavy atom. The molecule has 43 heavy (non-hydrogen) atoms. The van der Waals surface area contributed by atoms with Crippen LogP contribution in [0.4, 0.5) is 4.79 Å². The second kappa shape index (κ2) is 12.1. The first-order chi connectivity index (χ1) is 20.4. The van der Waals surface area contributed by atoms with E-state index in [1.807, 2.05) is 37.6 Å². The highest BCUT2D eigenvalue weighted by Gasteiger charge is 2.40. The predicted octanol–water partition coefficient (Wildman–Crippen LogP) is 7.61. The summed E-state index contributed by atoms with van der Waals surface area (Å²) < 4.78 is 13.7. The Bertz CT molecular complexity index is 1630. The molecule has 0 fully saturated rings. The summed E-state index contributed by atoms with van der Waals surface area (Å²) >= 11 is 0. The summed E-state index contributed by atoms with van der Waals surface area (Å²) in [6, 6.07) is 18.3. The van der Waals surface area contributed by atoms with E-state index in [0.29, 0.717) is 13.3 Å². The van der Waals surface area contributed by atoms with Crippen molar-refractivity contribution in [2.45, 2.75) is 77.0 Å². The molecule has 0 saturated heterocycles. The number of fused-ring (bicyclic) bond motifs is 2. The topological polar surface area (TPSA) is 78.3 Å². The molecule has 0 bridgehead atoms. The van der Waals surface area contributed by atoms with E-state index in [2.05, 4.69) is 85.1 Å². The Balaban J connectivity index is 1.45. The third-order valence-corrected chi connectivity index (χ3v) is 9.73. The molecular formula is C35H44N4O3Si. The summed E-state index contributed by atoms with van der Waals surface area (Å²) in [5.74, 6) is 0. The van der Waals surface area contributed by atoms with Crippen molar-refractivity contribution in [3.8, 4) is 11.3 Å². The van der Waals surface area contributed by atoms with Crippen molar-refractivity contribution in [1.29, 1.82) is 0 Å². The fraction of sp³-hybridized carbons (Fsp3) is 0.400. The monoisotopic (exact) mass is 596 g/mol. The van der Waals surface area contributed by atoms with E-state index < -0.39 is 19.8 Å². The number of benzene rings is 2. The van der Waals surface area contributed by atoms with Gasteiger partial charge in [-0.25, -0.2) is 14.8 Å². The first kappa shape index (κ1) is 30.7. The second-order valence-electron chi connectivity index (χ2n) is 13.9. The molecule has 1 aliphatic carbocycles. The predicted molar refractivity (Wildman–Crippen MR) is 177 cm³/mol. The zero-order chi connectivity index (χ0) is 30.8. The number of carbonyl (C=O) groups excluding carboxylic acids is 1. The molecule has 2 heterocycles. The van der Waals surface area contributed by atoms with Crippen LogP contribution < -0.4 is 5.32 Å². The van der Waals surface area contributed by atoms with Crippen molar-refractivity contribution < 1.29 is 14.3 Å². The third-order valence-electron chi connectivity index (χ3n) is 8.02. The smallest absolute Gasteiger partial charge is 0.407 e. The molecule has 7 nitrogen and oxygen atoms in total.